The molecule has 0 saturated heterocycles. The molecule has 4 rings (SSSR count). The summed E-state index contributed by atoms with van der Waals surface area (Å²) in [5.74, 6) is 0.461. The van der Waals surface area contributed by atoms with Crippen LogP contribution in [0.25, 0.3) is 0 Å². The fourth-order valence-electron chi connectivity index (χ4n) is 3.75. The Morgan fingerprint density at radius 1 is 1.14 bits per heavy atom. The molecular formula is C22H25N3O3S. The Kier molecular flexibility index (Phi) is 5.67. The Balaban J connectivity index is 1.60. The van der Waals surface area contributed by atoms with Crippen molar-refractivity contribution < 1.29 is 14.3 Å². The number of carbonyl (C=O) groups excluding carboxylic acids is 2. The zero-order valence-corrected chi connectivity index (χ0v) is 17.4. The summed E-state index contributed by atoms with van der Waals surface area (Å²) >= 11 is 1.82. The Bertz CT molecular complexity index is 920. The van der Waals surface area contributed by atoms with Gasteiger partial charge in [-0.25, -0.2) is 0 Å². The summed E-state index contributed by atoms with van der Waals surface area (Å²) in [5.41, 5.74) is 1.81. The molecular weight excluding hydrogens is 386 g/mol. The molecule has 2 aliphatic heterocycles. The van der Waals surface area contributed by atoms with Crippen molar-refractivity contribution >= 4 is 35.0 Å². The number of benzene rings is 2. The number of anilines is 2. The Hall–Kier alpha value is -2.67. The van der Waals surface area contributed by atoms with E-state index in [-0.39, 0.29) is 18.4 Å². The standard InChI is InChI=1S/C22H25N3O3S/c1-15-11-12-25(17-8-4-6-10-20(17)29-15)21(26)14-24-13-19(22(27)23-2)28-18-9-5-3-7-16(18)24/h3-10,15,19H,11-14H2,1-2H3,(H,23,27)/t15-,19+/m1/s1. The summed E-state index contributed by atoms with van der Waals surface area (Å²) in [6, 6.07) is 15.6. The first-order valence-electron chi connectivity index (χ1n) is 9.85. The number of likely N-dealkylation sites (N-methyl/N-ethyl adjacent to an activating group) is 1. The second-order valence-corrected chi connectivity index (χ2v) is 8.78. The first kappa shape index (κ1) is 19.6. The minimum Gasteiger partial charge on any atom is -0.477 e. The second-order valence-electron chi connectivity index (χ2n) is 7.30. The molecule has 1 N–H and O–H groups in total. The van der Waals surface area contributed by atoms with Crippen LogP contribution in [-0.4, -0.2) is 49.9 Å². The lowest BCUT2D eigenvalue weighted by Gasteiger charge is -2.36. The van der Waals surface area contributed by atoms with Gasteiger partial charge in [-0.15, -0.1) is 11.8 Å². The van der Waals surface area contributed by atoms with E-state index in [0.29, 0.717) is 24.1 Å². The molecule has 6 nitrogen and oxygen atoms in total. The van der Waals surface area contributed by atoms with Crippen LogP contribution in [0, 0.1) is 0 Å². The van der Waals surface area contributed by atoms with Crippen molar-refractivity contribution in [1.29, 1.82) is 0 Å². The Morgan fingerprint density at radius 2 is 1.86 bits per heavy atom. The van der Waals surface area contributed by atoms with E-state index in [4.69, 9.17) is 4.74 Å². The van der Waals surface area contributed by atoms with Crippen molar-refractivity contribution in [3.63, 3.8) is 0 Å². The quantitative estimate of drug-likeness (QED) is 0.842. The summed E-state index contributed by atoms with van der Waals surface area (Å²) in [6.07, 6.45) is 0.292. The molecule has 2 aromatic rings. The molecule has 0 radical (unpaired) electrons. The molecule has 152 valence electrons. The van der Waals surface area contributed by atoms with Crippen LogP contribution in [-0.2, 0) is 9.59 Å². The van der Waals surface area contributed by atoms with Gasteiger partial charge in [0, 0.05) is 23.7 Å². The topological polar surface area (TPSA) is 61.9 Å². The highest BCUT2D eigenvalue weighted by Crippen LogP contribution is 2.38. The fraction of sp³-hybridized carbons (Fsp3) is 0.364. The first-order chi connectivity index (χ1) is 14.1. The Labute approximate surface area is 175 Å². The van der Waals surface area contributed by atoms with E-state index in [2.05, 4.69) is 18.3 Å². The number of amides is 2. The fourth-order valence-corrected chi connectivity index (χ4v) is 4.86. The van der Waals surface area contributed by atoms with Gasteiger partial charge >= 0.3 is 0 Å². The summed E-state index contributed by atoms with van der Waals surface area (Å²) < 4.78 is 5.85. The van der Waals surface area contributed by atoms with Crippen molar-refractivity contribution in [2.24, 2.45) is 0 Å². The van der Waals surface area contributed by atoms with Crippen LogP contribution in [0.15, 0.2) is 53.4 Å². The molecule has 2 aromatic carbocycles. The van der Waals surface area contributed by atoms with Gasteiger partial charge in [-0.3, -0.25) is 9.59 Å². The molecule has 2 amide bonds. The number of hydrogen-bond acceptors (Lipinski definition) is 5. The van der Waals surface area contributed by atoms with E-state index in [1.165, 1.54) is 0 Å². The van der Waals surface area contributed by atoms with Gasteiger partial charge < -0.3 is 19.9 Å². The van der Waals surface area contributed by atoms with E-state index in [1.807, 2.05) is 64.0 Å². The molecule has 2 heterocycles. The molecule has 0 fully saturated rings. The third-order valence-corrected chi connectivity index (χ3v) is 6.51. The van der Waals surface area contributed by atoms with Crippen molar-refractivity contribution in [2.75, 3.05) is 36.5 Å². The largest absolute Gasteiger partial charge is 0.477 e. The monoisotopic (exact) mass is 411 g/mol. The number of hydrogen-bond donors (Lipinski definition) is 1. The lowest BCUT2D eigenvalue weighted by molar-refractivity contribution is -0.127. The van der Waals surface area contributed by atoms with E-state index in [1.54, 1.807) is 7.05 Å². The smallest absolute Gasteiger partial charge is 0.262 e. The molecule has 2 aliphatic rings. The first-order valence-corrected chi connectivity index (χ1v) is 10.7. The number of rotatable bonds is 3. The summed E-state index contributed by atoms with van der Waals surface area (Å²) in [7, 11) is 1.59. The van der Waals surface area contributed by atoms with Crippen molar-refractivity contribution in [2.45, 2.75) is 29.6 Å². The lowest BCUT2D eigenvalue weighted by Crippen LogP contribution is -2.51. The molecule has 2 atom stereocenters. The number of ether oxygens (including phenoxy) is 1. The molecule has 0 saturated carbocycles. The average molecular weight is 412 g/mol. The predicted molar refractivity (Wildman–Crippen MR) is 116 cm³/mol. The van der Waals surface area contributed by atoms with Gasteiger partial charge in [0.05, 0.1) is 24.5 Å². The maximum absolute atomic E-state index is 13.4. The minimum atomic E-state index is -0.644. The summed E-state index contributed by atoms with van der Waals surface area (Å²) in [4.78, 5) is 30.5. The van der Waals surface area contributed by atoms with Crippen LogP contribution >= 0.6 is 11.8 Å². The van der Waals surface area contributed by atoms with Gasteiger partial charge in [-0.2, -0.15) is 0 Å². The molecule has 0 unspecified atom stereocenters. The van der Waals surface area contributed by atoms with Crippen molar-refractivity contribution in [3.05, 3.63) is 48.5 Å². The zero-order chi connectivity index (χ0) is 20.4. The van der Waals surface area contributed by atoms with Gasteiger partial charge in [-0.1, -0.05) is 31.2 Å². The molecule has 0 aromatic heterocycles. The number of carbonyl (C=O) groups is 2. The maximum atomic E-state index is 13.4. The van der Waals surface area contributed by atoms with E-state index in [0.717, 1.165) is 22.7 Å². The minimum absolute atomic E-state index is 0.0273. The predicted octanol–water partition coefficient (Wildman–Crippen LogP) is 2.92. The SMILES string of the molecule is CNC(=O)[C@@H]1CN(CC(=O)N2CC[C@@H](C)Sc3ccccc32)c2ccccc2O1. The van der Waals surface area contributed by atoms with Crippen molar-refractivity contribution in [1.82, 2.24) is 5.32 Å². The number of nitrogens with zero attached hydrogens (tertiary/aromatic N) is 2. The molecule has 0 bridgehead atoms. The van der Waals surface area contributed by atoms with Crippen LogP contribution in [0.3, 0.4) is 0 Å². The highest BCUT2D eigenvalue weighted by molar-refractivity contribution is 8.00. The van der Waals surface area contributed by atoms with Gasteiger partial charge in [-0.05, 0) is 30.7 Å². The molecule has 0 aliphatic carbocycles. The summed E-state index contributed by atoms with van der Waals surface area (Å²) in [5, 5.41) is 3.09. The van der Waals surface area contributed by atoms with Crippen molar-refractivity contribution in [3.8, 4) is 5.75 Å². The Morgan fingerprint density at radius 3 is 2.66 bits per heavy atom. The highest BCUT2D eigenvalue weighted by atomic mass is 32.2. The molecule has 0 spiro atoms. The zero-order valence-electron chi connectivity index (χ0n) is 16.6. The number of fused-ring (bicyclic) bond motifs is 2. The molecule has 29 heavy (non-hydrogen) atoms. The van der Waals surface area contributed by atoms with E-state index >= 15 is 0 Å². The molecule has 7 heteroatoms. The number of nitrogens with one attached hydrogen (secondary N) is 1. The lowest BCUT2D eigenvalue weighted by atomic mass is 10.1. The van der Waals surface area contributed by atoms with Gasteiger partial charge in [0.15, 0.2) is 6.10 Å². The normalized spacial score (nSPS) is 20.8. The third kappa shape index (κ3) is 4.05. The van der Waals surface area contributed by atoms with Crippen LogP contribution in [0.4, 0.5) is 11.4 Å². The number of thioether (sulfide) groups is 1. The maximum Gasteiger partial charge on any atom is 0.262 e. The summed E-state index contributed by atoms with van der Waals surface area (Å²) in [6.45, 7) is 3.42. The van der Waals surface area contributed by atoms with E-state index < -0.39 is 6.10 Å². The van der Waals surface area contributed by atoms with Crippen LogP contribution in [0.5, 0.6) is 5.75 Å². The average Bonchev–Trinajstić information content (AvgIpc) is 2.91. The van der Waals surface area contributed by atoms with E-state index in [9.17, 15) is 9.59 Å². The van der Waals surface area contributed by atoms with Crippen LogP contribution in [0.1, 0.15) is 13.3 Å². The van der Waals surface area contributed by atoms with Gasteiger partial charge in [0.1, 0.15) is 5.75 Å². The van der Waals surface area contributed by atoms with Gasteiger partial charge in [0.25, 0.3) is 5.91 Å². The third-order valence-electron chi connectivity index (χ3n) is 5.27. The number of para-hydroxylation sites is 3. The highest BCUT2D eigenvalue weighted by Gasteiger charge is 2.33. The van der Waals surface area contributed by atoms with Crippen LogP contribution < -0.4 is 19.9 Å². The second kappa shape index (κ2) is 8.37. The van der Waals surface area contributed by atoms with Gasteiger partial charge in [0.2, 0.25) is 5.91 Å². The van der Waals surface area contributed by atoms with Crippen LogP contribution in [0.2, 0.25) is 0 Å².